The van der Waals surface area contributed by atoms with Crippen LogP contribution in [0.15, 0.2) is 46.7 Å². The van der Waals surface area contributed by atoms with E-state index in [-0.39, 0.29) is 24.3 Å². The molecule has 30 heavy (non-hydrogen) atoms. The molecule has 2 heterocycles. The summed E-state index contributed by atoms with van der Waals surface area (Å²) in [5.41, 5.74) is 0.934. The van der Waals surface area contributed by atoms with Crippen LogP contribution in [-0.4, -0.2) is 50.7 Å². The zero-order valence-corrected chi connectivity index (χ0v) is 18.6. The summed E-state index contributed by atoms with van der Waals surface area (Å²) in [4.78, 5) is 25.4. The third-order valence-corrected chi connectivity index (χ3v) is 8.35. The molecular weight excluding hydrogens is 422 g/mol. The number of carbonyl (C=O) groups excluding carboxylic acids is 2. The van der Waals surface area contributed by atoms with E-state index >= 15 is 0 Å². The van der Waals surface area contributed by atoms with Gasteiger partial charge in [-0.2, -0.15) is 4.31 Å². The first-order valence-electron chi connectivity index (χ1n) is 10.0. The fourth-order valence-electron chi connectivity index (χ4n) is 3.43. The number of carbonyl (C=O) groups is 2. The van der Waals surface area contributed by atoms with Gasteiger partial charge in [0.2, 0.25) is 11.8 Å². The highest BCUT2D eigenvalue weighted by Crippen LogP contribution is 2.28. The van der Waals surface area contributed by atoms with Crippen LogP contribution in [0.25, 0.3) is 0 Å². The van der Waals surface area contributed by atoms with Crippen LogP contribution in [-0.2, 0) is 26.0 Å². The van der Waals surface area contributed by atoms with Crippen molar-refractivity contribution in [3.05, 3.63) is 52.9 Å². The van der Waals surface area contributed by atoms with E-state index in [0.717, 1.165) is 10.4 Å². The van der Waals surface area contributed by atoms with Gasteiger partial charge in [-0.3, -0.25) is 9.59 Å². The van der Waals surface area contributed by atoms with Gasteiger partial charge in [-0.05, 0) is 37.5 Å². The number of hydrogen-bond acceptors (Lipinski definition) is 5. The minimum atomic E-state index is -3.56. The highest BCUT2D eigenvalue weighted by Gasteiger charge is 2.33. The number of aryl methyl sites for hydroxylation is 1. The van der Waals surface area contributed by atoms with E-state index in [1.165, 1.54) is 15.6 Å². The first-order valence-corrected chi connectivity index (χ1v) is 12.3. The van der Waals surface area contributed by atoms with E-state index in [1.807, 2.05) is 37.3 Å². The number of nitrogens with one attached hydrogen (secondary N) is 2. The summed E-state index contributed by atoms with van der Waals surface area (Å²) in [6.07, 6.45) is 1.60. The van der Waals surface area contributed by atoms with Crippen molar-refractivity contribution in [2.75, 3.05) is 26.2 Å². The molecule has 1 atom stereocenters. The number of thiophene rings is 1. The molecule has 1 aliphatic heterocycles. The maximum Gasteiger partial charge on any atom is 0.252 e. The molecule has 0 aliphatic carbocycles. The van der Waals surface area contributed by atoms with Crippen molar-refractivity contribution < 1.29 is 18.0 Å². The normalized spacial score (nSPS) is 17.4. The lowest BCUT2D eigenvalue weighted by atomic mass is 9.99. The summed E-state index contributed by atoms with van der Waals surface area (Å²) in [6, 6.07) is 12.9. The summed E-state index contributed by atoms with van der Waals surface area (Å²) < 4.78 is 27.4. The maximum atomic E-state index is 12.8. The average Bonchev–Trinajstić information content (AvgIpc) is 3.19. The van der Waals surface area contributed by atoms with Gasteiger partial charge in [0.25, 0.3) is 10.0 Å². The number of nitrogens with zero attached hydrogens (tertiary/aromatic N) is 1. The van der Waals surface area contributed by atoms with Crippen molar-refractivity contribution in [2.24, 2.45) is 5.92 Å². The van der Waals surface area contributed by atoms with E-state index in [2.05, 4.69) is 10.6 Å². The lowest BCUT2D eigenvalue weighted by Gasteiger charge is -2.30. The number of rotatable bonds is 8. The average molecular weight is 450 g/mol. The van der Waals surface area contributed by atoms with Gasteiger partial charge in [0.05, 0.1) is 12.3 Å². The van der Waals surface area contributed by atoms with Crippen LogP contribution >= 0.6 is 11.3 Å². The molecule has 162 valence electrons. The molecule has 9 heteroatoms. The van der Waals surface area contributed by atoms with Gasteiger partial charge in [0.1, 0.15) is 4.21 Å². The minimum Gasteiger partial charge on any atom is -0.354 e. The molecule has 7 nitrogen and oxygen atoms in total. The molecule has 1 unspecified atom stereocenters. The van der Waals surface area contributed by atoms with Crippen LogP contribution in [0, 0.1) is 12.8 Å². The summed E-state index contributed by atoms with van der Waals surface area (Å²) >= 11 is 1.25. The lowest BCUT2D eigenvalue weighted by molar-refractivity contribution is -0.126. The zero-order valence-electron chi connectivity index (χ0n) is 17.0. The predicted molar refractivity (Wildman–Crippen MR) is 117 cm³/mol. The molecule has 3 rings (SSSR count). The van der Waals surface area contributed by atoms with Crippen molar-refractivity contribution in [3.63, 3.8) is 0 Å². The Morgan fingerprint density at radius 2 is 1.83 bits per heavy atom. The second kappa shape index (κ2) is 10.2. The number of hydrogen-bond donors (Lipinski definition) is 2. The predicted octanol–water partition coefficient (Wildman–Crippen LogP) is 1.93. The summed E-state index contributed by atoms with van der Waals surface area (Å²) in [6.45, 7) is 3.13. The Labute approximate surface area is 181 Å². The van der Waals surface area contributed by atoms with Crippen molar-refractivity contribution in [3.8, 4) is 0 Å². The molecule has 0 bridgehead atoms. The van der Waals surface area contributed by atoms with Crippen molar-refractivity contribution in [1.82, 2.24) is 14.9 Å². The van der Waals surface area contributed by atoms with Crippen LogP contribution < -0.4 is 10.6 Å². The summed E-state index contributed by atoms with van der Waals surface area (Å²) in [7, 11) is -3.56. The Kier molecular flexibility index (Phi) is 7.63. The molecule has 1 aromatic carbocycles. The first kappa shape index (κ1) is 22.5. The molecule has 0 saturated carbocycles. The smallest absolute Gasteiger partial charge is 0.252 e. The molecule has 0 spiro atoms. The van der Waals surface area contributed by atoms with Gasteiger partial charge >= 0.3 is 0 Å². The molecule has 1 aromatic heterocycles. The maximum absolute atomic E-state index is 12.8. The van der Waals surface area contributed by atoms with E-state index in [1.54, 1.807) is 12.1 Å². The Hall–Kier alpha value is -2.23. The number of piperidine rings is 1. The SMILES string of the molecule is Cc1ccc(S(=O)(=O)N2CCCC(C(=O)NCCNC(=O)Cc3ccccc3)C2)s1. The summed E-state index contributed by atoms with van der Waals surface area (Å²) in [5, 5.41) is 5.60. The number of benzene rings is 1. The fourth-order valence-corrected chi connectivity index (χ4v) is 6.39. The molecular formula is C21H27N3O4S2. The van der Waals surface area contributed by atoms with E-state index in [9.17, 15) is 18.0 Å². The number of sulfonamides is 1. The van der Waals surface area contributed by atoms with E-state index < -0.39 is 10.0 Å². The third kappa shape index (κ3) is 5.90. The van der Waals surface area contributed by atoms with Crippen LogP contribution in [0.3, 0.4) is 0 Å². The van der Waals surface area contributed by atoms with Gasteiger partial charge in [0, 0.05) is 31.1 Å². The second-order valence-corrected chi connectivity index (χ2v) is 10.8. The quantitative estimate of drug-likeness (QED) is 0.602. The monoisotopic (exact) mass is 449 g/mol. The van der Waals surface area contributed by atoms with Gasteiger partial charge in [-0.1, -0.05) is 30.3 Å². The van der Waals surface area contributed by atoms with Crippen LogP contribution in [0.5, 0.6) is 0 Å². The topological polar surface area (TPSA) is 95.6 Å². The largest absolute Gasteiger partial charge is 0.354 e. The number of amides is 2. The van der Waals surface area contributed by atoms with Crippen LogP contribution in [0.4, 0.5) is 0 Å². The van der Waals surface area contributed by atoms with Crippen molar-refractivity contribution >= 4 is 33.2 Å². The third-order valence-electron chi connectivity index (χ3n) is 5.02. The van der Waals surface area contributed by atoms with E-state index in [0.29, 0.717) is 43.1 Å². The van der Waals surface area contributed by atoms with Gasteiger partial charge in [-0.25, -0.2) is 8.42 Å². The molecule has 0 radical (unpaired) electrons. The van der Waals surface area contributed by atoms with Gasteiger partial charge < -0.3 is 10.6 Å². The molecule has 1 saturated heterocycles. The zero-order chi connectivity index (χ0) is 21.6. The molecule has 1 aliphatic rings. The molecule has 1 fully saturated rings. The van der Waals surface area contributed by atoms with E-state index in [4.69, 9.17) is 0 Å². The lowest BCUT2D eigenvalue weighted by Crippen LogP contribution is -2.46. The Morgan fingerprint density at radius 3 is 2.53 bits per heavy atom. The first-order chi connectivity index (χ1) is 14.4. The Balaban J connectivity index is 1.43. The van der Waals surface area contributed by atoms with Crippen molar-refractivity contribution in [1.29, 1.82) is 0 Å². The molecule has 2 aromatic rings. The fraction of sp³-hybridized carbons (Fsp3) is 0.429. The minimum absolute atomic E-state index is 0.100. The van der Waals surface area contributed by atoms with Gasteiger partial charge in [0.15, 0.2) is 0 Å². The Morgan fingerprint density at radius 1 is 1.10 bits per heavy atom. The second-order valence-electron chi connectivity index (χ2n) is 7.37. The Bertz CT molecular complexity index is 973. The highest BCUT2D eigenvalue weighted by atomic mass is 32.2. The summed E-state index contributed by atoms with van der Waals surface area (Å²) in [5.74, 6) is -0.652. The van der Waals surface area contributed by atoms with Crippen molar-refractivity contribution in [2.45, 2.75) is 30.4 Å². The standard InChI is InChI=1S/C21H27N3O4S2/c1-16-9-10-20(29-16)30(27,28)24-13-5-8-18(15-24)21(26)23-12-11-22-19(25)14-17-6-3-2-4-7-17/h2-4,6-7,9-10,18H,5,8,11-15H2,1H3,(H,22,25)(H,23,26). The van der Waals surface area contributed by atoms with Crippen LogP contribution in [0.2, 0.25) is 0 Å². The highest BCUT2D eigenvalue weighted by molar-refractivity contribution is 7.91. The molecule has 2 N–H and O–H groups in total. The molecule has 2 amide bonds. The van der Waals surface area contributed by atoms with Gasteiger partial charge in [-0.15, -0.1) is 11.3 Å². The van der Waals surface area contributed by atoms with Crippen LogP contribution in [0.1, 0.15) is 23.3 Å².